The van der Waals surface area contributed by atoms with E-state index in [4.69, 9.17) is 0 Å². The number of carbonyl (C=O) groups is 1. The molecule has 132 valence electrons. The van der Waals surface area contributed by atoms with Crippen LogP contribution in [-0.4, -0.2) is 36.2 Å². The lowest BCUT2D eigenvalue weighted by Crippen LogP contribution is -2.63. The first-order valence-corrected chi connectivity index (χ1v) is 9.24. The highest BCUT2D eigenvalue weighted by molar-refractivity contribution is 5.85. The van der Waals surface area contributed by atoms with Gasteiger partial charge in [-0.3, -0.25) is 4.79 Å². The molecule has 1 aliphatic carbocycles. The monoisotopic (exact) mass is 330 g/mol. The minimum absolute atomic E-state index is 0.0579. The molecule has 4 heteroatoms. The predicted molar refractivity (Wildman–Crippen MR) is 96.0 cm³/mol. The molecule has 1 aliphatic heterocycles. The Balaban J connectivity index is 1.61. The van der Waals surface area contributed by atoms with Crippen molar-refractivity contribution in [2.75, 3.05) is 19.6 Å². The summed E-state index contributed by atoms with van der Waals surface area (Å²) in [6, 6.07) is 6.52. The van der Waals surface area contributed by atoms with E-state index < -0.39 is 11.0 Å². The van der Waals surface area contributed by atoms with Gasteiger partial charge in [-0.05, 0) is 64.6 Å². The molecule has 1 aromatic rings. The smallest absolute Gasteiger partial charge is 0.229 e. The number of carbonyl (C=O) groups excluding carboxylic acids is 1. The van der Waals surface area contributed by atoms with E-state index in [1.165, 1.54) is 16.7 Å². The summed E-state index contributed by atoms with van der Waals surface area (Å²) < 4.78 is 0. The van der Waals surface area contributed by atoms with E-state index in [0.717, 1.165) is 38.8 Å². The maximum absolute atomic E-state index is 12.9. The van der Waals surface area contributed by atoms with Gasteiger partial charge in [-0.2, -0.15) is 0 Å². The second kappa shape index (κ2) is 6.85. The summed E-state index contributed by atoms with van der Waals surface area (Å²) in [6.07, 6.45) is 4.87. The quantitative estimate of drug-likeness (QED) is 0.776. The van der Waals surface area contributed by atoms with Gasteiger partial charge in [-0.15, -0.1) is 0 Å². The third-order valence-corrected chi connectivity index (χ3v) is 5.94. The first kappa shape index (κ1) is 17.4. The van der Waals surface area contributed by atoms with Crippen molar-refractivity contribution in [3.05, 3.63) is 34.9 Å². The summed E-state index contributed by atoms with van der Waals surface area (Å²) in [6.45, 7) is 6.44. The lowest BCUT2D eigenvalue weighted by molar-refractivity contribution is -0.172. The van der Waals surface area contributed by atoms with Crippen molar-refractivity contribution >= 4 is 5.91 Å². The van der Waals surface area contributed by atoms with Crippen LogP contribution in [0.15, 0.2) is 18.2 Å². The number of hydrogen-bond acceptors (Lipinski definition) is 3. The van der Waals surface area contributed by atoms with E-state index in [1.807, 2.05) is 0 Å². The molecule has 0 spiro atoms. The third-order valence-electron chi connectivity index (χ3n) is 5.94. The molecule has 1 amide bonds. The summed E-state index contributed by atoms with van der Waals surface area (Å²) in [4.78, 5) is 12.9. The molecule has 24 heavy (non-hydrogen) atoms. The van der Waals surface area contributed by atoms with Crippen LogP contribution in [0.2, 0.25) is 0 Å². The average Bonchev–Trinajstić information content (AvgIpc) is 2.45. The number of amides is 1. The number of piperidine rings is 1. The third kappa shape index (κ3) is 3.22. The maximum Gasteiger partial charge on any atom is 0.229 e. The zero-order valence-corrected chi connectivity index (χ0v) is 15.0. The lowest BCUT2D eigenvalue weighted by Gasteiger charge is -2.53. The first-order valence-electron chi connectivity index (χ1n) is 9.24. The van der Waals surface area contributed by atoms with Crippen molar-refractivity contribution in [2.24, 2.45) is 5.41 Å². The molecule has 2 aliphatic rings. The standard InChI is InChI=1S/C20H30N2O2/c1-15-12-16(2)14-17(13-15)4-9-22-18(23)19(5-3-6-19)20(24)7-10-21-11-8-20/h12-14,21,24H,3-11H2,1-2H3,(H,22,23). The topological polar surface area (TPSA) is 61.4 Å². The van der Waals surface area contributed by atoms with Crippen molar-refractivity contribution in [3.63, 3.8) is 0 Å². The van der Waals surface area contributed by atoms with Gasteiger partial charge in [0, 0.05) is 6.54 Å². The van der Waals surface area contributed by atoms with Crippen molar-refractivity contribution in [1.29, 1.82) is 0 Å². The Labute approximate surface area is 145 Å². The van der Waals surface area contributed by atoms with Gasteiger partial charge in [0.05, 0.1) is 11.0 Å². The highest BCUT2D eigenvalue weighted by Gasteiger charge is 2.58. The van der Waals surface area contributed by atoms with Crippen LogP contribution in [0.5, 0.6) is 0 Å². The molecule has 1 saturated heterocycles. The van der Waals surface area contributed by atoms with Crippen LogP contribution in [0.3, 0.4) is 0 Å². The largest absolute Gasteiger partial charge is 0.389 e. The van der Waals surface area contributed by atoms with Crippen molar-refractivity contribution in [3.8, 4) is 0 Å². The zero-order valence-electron chi connectivity index (χ0n) is 15.0. The molecule has 0 aromatic heterocycles. The van der Waals surface area contributed by atoms with Gasteiger partial charge in [-0.25, -0.2) is 0 Å². The fourth-order valence-electron chi connectivity index (χ4n) is 4.46. The molecule has 1 aromatic carbocycles. The van der Waals surface area contributed by atoms with Crippen molar-refractivity contribution in [2.45, 2.75) is 58.0 Å². The second-order valence-electron chi connectivity index (χ2n) is 7.72. The molecule has 0 unspecified atom stereocenters. The van der Waals surface area contributed by atoms with E-state index in [1.54, 1.807) is 0 Å². The molecular formula is C20H30N2O2. The maximum atomic E-state index is 12.9. The van der Waals surface area contributed by atoms with E-state index >= 15 is 0 Å². The van der Waals surface area contributed by atoms with Gasteiger partial charge in [-0.1, -0.05) is 35.7 Å². The highest BCUT2D eigenvalue weighted by atomic mass is 16.3. The van der Waals surface area contributed by atoms with Crippen LogP contribution < -0.4 is 10.6 Å². The van der Waals surface area contributed by atoms with E-state index in [-0.39, 0.29) is 5.91 Å². The fourth-order valence-corrected chi connectivity index (χ4v) is 4.46. The Morgan fingerprint density at radius 3 is 2.29 bits per heavy atom. The van der Waals surface area contributed by atoms with Crippen molar-refractivity contribution in [1.82, 2.24) is 10.6 Å². The summed E-state index contributed by atoms with van der Waals surface area (Å²) in [5.41, 5.74) is 2.39. The van der Waals surface area contributed by atoms with Crippen LogP contribution in [0, 0.1) is 19.3 Å². The van der Waals surface area contributed by atoms with Gasteiger partial charge >= 0.3 is 0 Å². The summed E-state index contributed by atoms with van der Waals surface area (Å²) >= 11 is 0. The number of rotatable bonds is 5. The lowest BCUT2D eigenvalue weighted by atomic mass is 9.55. The molecule has 0 radical (unpaired) electrons. The Hall–Kier alpha value is -1.39. The number of hydrogen-bond donors (Lipinski definition) is 3. The zero-order chi connectivity index (χ0) is 17.2. The van der Waals surface area contributed by atoms with Crippen LogP contribution >= 0.6 is 0 Å². The van der Waals surface area contributed by atoms with E-state index in [9.17, 15) is 9.90 Å². The molecule has 1 saturated carbocycles. The minimum Gasteiger partial charge on any atom is -0.389 e. The predicted octanol–water partition coefficient (Wildman–Crippen LogP) is 2.25. The number of aliphatic hydroxyl groups is 1. The second-order valence-corrected chi connectivity index (χ2v) is 7.72. The number of aryl methyl sites for hydroxylation is 2. The minimum atomic E-state index is -0.833. The molecule has 1 heterocycles. The number of nitrogens with one attached hydrogen (secondary N) is 2. The highest BCUT2D eigenvalue weighted by Crippen LogP contribution is 2.52. The van der Waals surface area contributed by atoms with Gasteiger partial charge in [0.1, 0.15) is 0 Å². The van der Waals surface area contributed by atoms with Crippen LogP contribution in [0.25, 0.3) is 0 Å². The van der Waals surface area contributed by atoms with E-state index in [2.05, 4.69) is 42.7 Å². The SMILES string of the molecule is Cc1cc(C)cc(CCNC(=O)C2(C3(O)CCNCC3)CCC2)c1. The average molecular weight is 330 g/mol. The van der Waals surface area contributed by atoms with Gasteiger partial charge in [0.15, 0.2) is 0 Å². The van der Waals surface area contributed by atoms with Gasteiger partial charge < -0.3 is 15.7 Å². The van der Waals surface area contributed by atoms with Crippen molar-refractivity contribution < 1.29 is 9.90 Å². The summed E-state index contributed by atoms with van der Waals surface area (Å²) in [5, 5.41) is 17.5. The number of benzene rings is 1. The van der Waals surface area contributed by atoms with E-state index in [0.29, 0.717) is 19.4 Å². The van der Waals surface area contributed by atoms with Gasteiger partial charge in [0.25, 0.3) is 0 Å². The van der Waals surface area contributed by atoms with Crippen LogP contribution in [0.1, 0.15) is 48.8 Å². The normalized spacial score (nSPS) is 21.8. The van der Waals surface area contributed by atoms with Gasteiger partial charge in [0.2, 0.25) is 5.91 Å². The molecular weight excluding hydrogens is 300 g/mol. The Morgan fingerprint density at radius 2 is 1.75 bits per heavy atom. The fraction of sp³-hybridized carbons (Fsp3) is 0.650. The van der Waals surface area contributed by atoms with Crippen LogP contribution in [0.4, 0.5) is 0 Å². The summed E-state index contributed by atoms with van der Waals surface area (Å²) in [5.74, 6) is 0.0579. The first-order chi connectivity index (χ1) is 11.5. The molecule has 0 atom stereocenters. The molecule has 0 bridgehead atoms. The Morgan fingerprint density at radius 1 is 1.12 bits per heavy atom. The molecule has 3 N–H and O–H groups in total. The molecule has 2 fully saturated rings. The molecule has 4 nitrogen and oxygen atoms in total. The molecule has 3 rings (SSSR count). The summed E-state index contributed by atoms with van der Waals surface area (Å²) in [7, 11) is 0. The Bertz CT molecular complexity index is 581. The Kier molecular flexibility index (Phi) is 4.97. The van der Waals surface area contributed by atoms with Crippen LogP contribution in [-0.2, 0) is 11.2 Å².